The van der Waals surface area contributed by atoms with Crippen molar-refractivity contribution < 1.29 is 9.90 Å². The van der Waals surface area contributed by atoms with E-state index in [9.17, 15) is 9.90 Å². The fourth-order valence-electron chi connectivity index (χ4n) is 2.00. The van der Waals surface area contributed by atoms with Gasteiger partial charge in [0.05, 0.1) is 14.0 Å². The molecule has 1 aromatic rings. The Kier molecular flexibility index (Phi) is 3.56. The molecule has 0 spiro atoms. The molecule has 1 aliphatic rings. The van der Waals surface area contributed by atoms with Crippen LogP contribution < -0.4 is 0 Å². The first kappa shape index (κ1) is 12.3. The molecule has 16 heavy (non-hydrogen) atoms. The van der Waals surface area contributed by atoms with Crippen LogP contribution in [0.25, 0.3) is 0 Å². The van der Waals surface area contributed by atoms with Crippen LogP contribution in [0.1, 0.15) is 30.1 Å². The summed E-state index contributed by atoms with van der Waals surface area (Å²) in [6.07, 6.45) is 1.65. The first-order valence-electron chi connectivity index (χ1n) is 5.24. The molecule has 1 N–H and O–H groups in total. The van der Waals surface area contributed by atoms with E-state index >= 15 is 0 Å². The number of carbonyl (C=O) groups is 1. The molecule has 1 unspecified atom stereocenters. The van der Waals surface area contributed by atoms with Crippen molar-refractivity contribution in [2.24, 2.45) is 0 Å². The molecule has 3 nitrogen and oxygen atoms in total. The molecule has 0 bridgehead atoms. The fourth-order valence-corrected chi connectivity index (χ4v) is 3.32. The van der Waals surface area contributed by atoms with E-state index in [1.807, 2.05) is 11.4 Å². The van der Waals surface area contributed by atoms with Crippen molar-refractivity contribution in [1.29, 1.82) is 0 Å². The number of halogens is 1. The summed E-state index contributed by atoms with van der Waals surface area (Å²) in [5, 5.41) is 11.8. The lowest BCUT2D eigenvalue weighted by Crippen LogP contribution is -2.48. The van der Waals surface area contributed by atoms with Crippen LogP contribution in [-0.2, 0) is 0 Å². The van der Waals surface area contributed by atoms with Crippen molar-refractivity contribution in [2.75, 3.05) is 13.1 Å². The van der Waals surface area contributed by atoms with Crippen molar-refractivity contribution in [1.82, 2.24) is 4.90 Å². The summed E-state index contributed by atoms with van der Waals surface area (Å²) >= 11 is 3.78. The summed E-state index contributed by atoms with van der Waals surface area (Å²) in [5.41, 5.74) is 0.0176. The quantitative estimate of drug-likeness (QED) is 0.789. The molecule has 0 aliphatic carbocycles. The Hall–Kier alpha value is -0.140. The molecule has 5 heteroatoms. The third kappa shape index (κ3) is 2.75. The minimum absolute atomic E-state index is 0.0409. The number of β-amino-alcohol motifs (C(OH)–C–C–N with tert-alkyl or cyclic N) is 1. The number of aliphatic hydroxyl groups is 1. The second kappa shape index (κ2) is 4.62. The number of hydrogen-bond donors (Lipinski definition) is 1. The molecule has 1 amide bonds. The summed E-state index contributed by atoms with van der Waals surface area (Å²) in [7, 11) is 0. The zero-order valence-corrected chi connectivity index (χ0v) is 12.0. The van der Waals surface area contributed by atoms with E-state index in [2.05, 4.69) is 22.6 Å². The van der Waals surface area contributed by atoms with Crippen molar-refractivity contribution in [3.8, 4) is 0 Å². The summed E-state index contributed by atoms with van der Waals surface area (Å²) in [6, 6.07) is 1.90. The molecule has 1 saturated heterocycles. The molecule has 1 atom stereocenters. The van der Waals surface area contributed by atoms with E-state index in [4.69, 9.17) is 0 Å². The molecule has 88 valence electrons. The number of likely N-dealkylation sites (tertiary alicyclic amines) is 1. The maximum absolute atomic E-state index is 12.1. The highest BCUT2D eigenvalue weighted by Crippen LogP contribution is 2.24. The Balaban J connectivity index is 2.10. The van der Waals surface area contributed by atoms with Gasteiger partial charge in [0.2, 0.25) is 0 Å². The number of hydrogen-bond acceptors (Lipinski definition) is 3. The molecule has 0 saturated carbocycles. The second-order valence-electron chi connectivity index (χ2n) is 4.47. The van der Waals surface area contributed by atoms with Gasteiger partial charge < -0.3 is 10.0 Å². The third-order valence-corrected chi connectivity index (χ3v) is 4.57. The number of carbonyl (C=O) groups excluding carboxylic acids is 1. The zero-order valence-electron chi connectivity index (χ0n) is 9.07. The van der Waals surface area contributed by atoms with E-state index in [1.54, 1.807) is 23.2 Å². The van der Waals surface area contributed by atoms with Crippen LogP contribution in [0.15, 0.2) is 11.4 Å². The summed E-state index contributed by atoms with van der Waals surface area (Å²) in [4.78, 5) is 13.9. The predicted octanol–water partition coefficient (Wildman–Crippen LogP) is 2.34. The Morgan fingerprint density at radius 3 is 3.00 bits per heavy atom. The first-order chi connectivity index (χ1) is 7.48. The van der Waals surface area contributed by atoms with Crippen molar-refractivity contribution in [3.05, 3.63) is 19.9 Å². The second-order valence-corrected chi connectivity index (χ2v) is 7.27. The van der Waals surface area contributed by atoms with Gasteiger partial charge in [0.1, 0.15) is 0 Å². The lowest BCUT2D eigenvalue weighted by molar-refractivity contribution is -0.0107. The largest absolute Gasteiger partial charge is 0.388 e. The van der Waals surface area contributed by atoms with Crippen LogP contribution in [0, 0.1) is 2.88 Å². The fraction of sp³-hybridized carbons (Fsp3) is 0.545. The van der Waals surface area contributed by atoms with E-state index in [1.165, 1.54) is 0 Å². The minimum atomic E-state index is -0.725. The van der Waals surface area contributed by atoms with E-state index < -0.39 is 5.60 Å². The van der Waals surface area contributed by atoms with Gasteiger partial charge in [0.25, 0.3) is 5.91 Å². The standard InChI is InChI=1S/C11H14INO2S/c1-11(15)3-2-4-13(7-11)10(14)8-5-9(12)16-6-8/h5-6,15H,2-4,7H2,1H3. The third-order valence-electron chi connectivity index (χ3n) is 2.78. The Bertz CT molecular complexity index is 402. The van der Waals surface area contributed by atoms with Crippen molar-refractivity contribution >= 4 is 39.8 Å². The zero-order chi connectivity index (χ0) is 11.8. The van der Waals surface area contributed by atoms with Crippen molar-refractivity contribution in [3.63, 3.8) is 0 Å². The van der Waals surface area contributed by atoms with Gasteiger partial charge in [0.15, 0.2) is 0 Å². The number of piperidine rings is 1. The van der Waals surface area contributed by atoms with Crippen LogP contribution in [0.5, 0.6) is 0 Å². The smallest absolute Gasteiger partial charge is 0.254 e. The molecular weight excluding hydrogens is 337 g/mol. The van der Waals surface area contributed by atoms with E-state index in [0.29, 0.717) is 6.54 Å². The lowest BCUT2D eigenvalue weighted by Gasteiger charge is -2.36. The number of amides is 1. The van der Waals surface area contributed by atoms with Gasteiger partial charge in [-0.25, -0.2) is 0 Å². The van der Waals surface area contributed by atoms with Crippen LogP contribution in [0.2, 0.25) is 0 Å². The monoisotopic (exact) mass is 351 g/mol. The minimum Gasteiger partial charge on any atom is -0.388 e. The highest BCUT2D eigenvalue weighted by Gasteiger charge is 2.31. The molecular formula is C11H14INO2S. The number of rotatable bonds is 1. The molecule has 1 aliphatic heterocycles. The predicted molar refractivity (Wildman–Crippen MR) is 72.8 cm³/mol. The summed E-state index contributed by atoms with van der Waals surface area (Å²) in [5.74, 6) is 0.0409. The van der Waals surface area contributed by atoms with Gasteiger partial charge >= 0.3 is 0 Å². The van der Waals surface area contributed by atoms with E-state index in [0.717, 1.165) is 27.8 Å². The molecule has 2 rings (SSSR count). The Labute approximate surface area is 113 Å². The van der Waals surface area contributed by atoms with Gasteiger partial charge in [-0.15, -0.1) is 11.3 Å². The Morgan fingerprint density at radius 2 is 2.44 bits per heavy atom. The molecule has 1 fully saturated rings. The topological polar surface area (TPSA) is 40.5 Å². The van der Waals surface area contributed by atoms with Gasteiger partial charge in [-0.2, -0.15) is 0 Å². The van der Waals surface area contributed by atoms with Crippen LogP contribution in [0.4, 0.5) is 0 Å². The van der Waals surface area contributed by atoms with Crippen molar-refractivity contribution in [2.45, 2.75) is 25.4 Å². The average Bonchev–Trinajstić information content (AvgIpc) is 2.62. The SMILES string of the molecule is CC1(O)CCCN(C(=O)c2csc(I)c2)C1. The van der Waals surface area contributed by atoms with Crippen LogP contribution >= 0.6 is 33.9 Å². The number of thiophene rings is 1. The number of nitrogens with zero attached hydrogens (tertiary/aromatic N) is 1. The van der Waals surface area contributed by atoms with Gasteiger partial charge in [-0.05, 0) is 48.4 Å². The first-order valence-corrected chi connectivity index (χ1v) is 7.19. The molecule has 2 heterocycles. The van der Waals surface area contributed by atoms with E-state index in [-0.39, 0.29) is 5.91 Å². The Morgan fingerprint density at radius 1 is 1.69 bits per heavy atom. The normalized spacial score (nSPS) is 25.8. The van der Waals surface area contributed by atoms with Crippen LogP contribution in [0.3, 0.4) is 0 Å². The maximum Gasteiger partial charge on any atom is 0.254 e. The van der Waals surface area contributed by atoms with Gasteiger partial charge in [0, 0.05) is 18.5 Å². The summed E-state index contributed by atoms with van der Waals surface area (Å²) < 4.78 is 1.12. The van der Waals surface area contributed by atoms with Gasteiger partial charge in [-0.3, -0.25) is 4.79 Å². The highest BCUT2D eigenvalue weighted by molar-refractivity contribution is 14.1. The molecule has 0 aromatic carbocycles. The van der Waals surface area contributed by atoms with Gasteiger partial charge in [-0.1, -0.05) is 0 Å². The molecule has 0 radical (unpaired) electrons. The lowest BCUT2D eigenvalue weighted by atomic mass is 9.95. The average molecular weight is 351 g/mol. The maximum atomic E-state index is 12.1. The van der Waals surface area contributed by atoms with Crippen LogP contribution in [-0.4, -0.2) is 34.6 Å². The molecule has 1 aromatic heterocycles. The highest BCUT2D eigenvalue weighted by atomic mass is 127. The summed E-state index contributed by atoms with van der Waals surface area (Å²) in [6.45, 7) is 2.99.